The zero-order chi connectivity index (χ0) is 24.3. The van der Waals surface area contributed by atoms with E-state index < -0.39 is 6.04 Å². The molecule has 0 aliphatic heterocycles. The predicted molar refractivity (Wildman–Crippen MR) is 136 cm³/mol. The average Bonchev–Trinajstić information content (AvgIpc) is 2.86. The van der Waals surface area contributed by atoms with E-state index in [1.54, 1.807) is 24.1 Å². The van der Waals surface area contributed by atoms with Gasteiger partial charge in [0.15, 0.2) is 18.1 Å². The molecule has 178 valence electrons. The number of rotatable bonds is 11. The third-order valence-corrected chi connectivity index (χ3v) is 5.84. The van der Waals surface area contributed by atoms with Gasteiger partial charge in [-0.2, -0.15) is 0 Å². The highest BCUT2D eigenvalue weighted by Gasteiger charge is 2.30. The molecule has 2 amide bonds. The maximum absolute atomic E-state index is 13.5. The molecule has 0 fully saturated rings. The average molecular weight is 525 g/mol. The van der Waals surface area contributed by atoms with Gasteiger partial charge in [0.05, 0.1) is 7.11 Å². The molecule has 7 heteroatoms. The van der Waals surface area contributed by atoms with Crippen LogP contribution in [0.25, 0.3) is 0 Å². The first-order valence-corrected chi connectivity index (χ1v) is 11.9. The van der Waals surface area contributed by atoms with Crippen LogP contribution >= 0.6 is 15.9 Å². The van der Waals surface area contributed by atoms with Crippen LogP contribution in [0.4, 0.5) is 0 Å². The number of hydrogen-bond acceptors (Lipinski definition) is 4. The summed E-state index contributed by atoms with van der Waals surface area (Å²) in [5.41, 5.74) is 1.88. The van der Waals surface area contributed by atoms with E-state index in [1.807, 2.05) is 73.7 Å². The summed E-state index contributed by atoms with van der Waals surface area (Å²) in [5.74, 6) is 0.522. The van der Waals surface area contributed by atoms with Crippen LogP contribution in [0.3, 0.4) is 0 Å². The fraction of sp³-hybridized carbons (Fsp3) is 0.259. The van der Waals surface area contributed by atoms with Crippen molar-refractivity contribution < 1.29 is 19.1 Å². The number of halogens is 1. The van der Waals surface area contributed by atoms with Crippen LogP contribution in [0.2, 0.25) is 0 Å². The zero-order valence-corrected chi connectivity index (χ0v) is 21.0. The molecule has 0 aromatic heterocycles. The Labute approximate surface area is 209 Å². The maximum Gasteiger partial charge on any atom is 0.261 e. The molecule has 0 bridgehead atoms. The van der Waals surface area contributed by atoms with Crippen LogP contribution in [0.5, 0.6) is 11.5 Å². The molecule has 0 spiro atoms. The van der Waals surface area contributed by atoms with Gasteiger partial charge < -0.3 is 19.7 Å². The Balaban J connectivity index is 1.89. The predicted octanol–water partition coefficient (Wildman–Crippen LogP) is 4.61. The van der Waals surface area contributed by atoms with E-state index in [9.17, 15) is 9.59 Å². The summed E-state index contributed by atoms with van der Waals surface area (Å²) in [4.78, 5) is 28.2. The third kappa shape index (κ3) is 7.09. The molecule has 1 N–H and O–H groups in total. The van der Waals surface area contributed by atoms with Gasteiger partial charge >= 0.3 is 0 Å². The Kier molecular flexibility index (Phi) is 9.52. The van der Waals surface area contributed by atoms with E-state index in [0.717, 1.165) is 15.6 Å². The lowest BCUT2D eigenvalue weighted by atomic mass is 10.0. The molecule has 0 unspecified atom stereocenters. The third-order valence-electron chi connectivity index (χ3n) is 5.31. The van der Waals surface area contributed by atoms with Crippen molar-refractivity contribution in [3.8, 4) is 11.5 Å². The van der Waals surface area contributed by atoms with Crippen LogP contribution in [-0.2, 0) is 22.6 Å². The largest absolute Gasteiger partial charge is 0.493 e. The minimum Gasteiger partial charge on any atom is -0.493 e. The summed E-state index contributed by atoms with van der Waals surface area (Å²) in [6.45, 7) is 2.39. The minimum absolute atomic E-state index is 0.200. The van der Waals surface area contributed by atoms with E-state index in [2.05, 4.69) is 21.2 Å². The van der Waals surface area contributed by atoms with Crippen LogP contribution in [0, 0.1) is 0 Å². The van der Waals surface area contributed by atoms with Gasteiger partial charge in [0.1, 0.15) is 6.04 Å². The van der Waals surface area contributed by atoms with Gasteiger partial charge in [-0.3, -0.25) is 9.59 Å². The number of benzene rings is 3. The van der Waals surface area contributed by atoms with Gasteiger partial charge in [-0.25, -0.2) is 0 Å². The highest BCUT2D eigenvalue weighted by atomic mass is 79.9. The van der Waals surface area contributed by atoms with Gasteiger partial charge in [-0.05, 0) is 42.3 Å². The van der Waals surface area contributed by atoms with Crippen LogP contribution < -0.4 is 14.8 Å². The Bertz CT molecular complexity index is 1070. The van der Waals surface area contributed by atoms with E-state index in [1.165, 1.54) is 0 Å². The van der Waals surface area contributed by atoms with Crippen molar-refractivity contribution >= 4 is 27.7 Å². The topological polar surface area (TPSA) is 67.9 Å². The molecular formula is C27H29BrN2O4. The second kappa shape index (κ2) is 12.8. The van der Waals surface area contributed by atoms with Crippen LogP contribution in [0.1, 0.15) is 18.1 Å². The Morgan fingerprint density at radius 1 is 0.912 bits per heavy atom. The first-order chi connectivity index (χ1) is 16.5. The highest BCUT2D eigenvalue weighted by molar-refractivity contribution is 9.10. The van der Waals surface area contributed by atoms with Crippen molar-refractivity contribution in [2.24, 2.45) is 0 Å². The van der Waals surface area contributed by atoms with Crippen molar-refractivity contribution in [1.29, 1.82) is 0 Å². The van der Waals surface area contributed by atoms with Crippen molar-refractivity contribution in [1.82, 2.24) is 10.2 Å². The zero-order valence-electron chi connectivity index (χ0n) is 19.4. The molecule has 0 saturated heterocycles. The molecule has 1 atom stereocenters. The Morgan fingerprint density at radius 2 is 1.56 bits per heavy atom. The van der Waals surface area contributed by atoms with E-state index in [0.29, 0.717) is 24.5 Å². The number of ether oxygens (including phenoxy) is 2. The number of likely N-dealkylation sites (N-methyl/N-ethyl adjacent to an activating group) is 1. The van der Waals surface area contributed by atoms with Crippen molar-refractivity contribution in [2.45, 2.75) is 25.9 Å². The first-order valence-electron chi connectivity index (χ1n) is 11.1. The lowest BCUT2D eigenvalue weighted by molar-refractivity contribution is -0.142. The summed E-state index contributed by atoms with van der Waals surface area (Å²) < 4.78 is 12.1. The second-order valence-electron chi connectivity index (χ2n) is 7.69. The molecule has 3 aromatic carbocycles. The SMILES string of the molecule is CCNC(=O)[C@H](Cc1ccccc1)N(Cc1ccc(Br)cc1)C(=O)COc1ccccc1OC. The van der Waals surface area contributed by atoms with Gasteiger partial charge in [0.2, 0.25) is 5.91 Å². The van der Waals surface area contributed by atoms with Crippen molar-refractivity contribution in [3.05, 3.63) is 94.5 Å². The first kappa shape index (κ1) is 25.3. The standard InChI is InChI=1S/C27H29BrN2O4/c1-3-29-27(32)23(17-20-9-5-4-6-10-20)30(18-21-13-15-22(28)16-14-21)26(31)19-34-25-12-8-7-11-24(25)33-2/h4-16,23H,3,17-19H2,1-2H3,(H,29,32)/t23-/m0/s1. The number of carbonyl (C=O) groups is 2. The monoisotopic (exact) mass is 524 g/mol. The van der Waals surface area contributed by atoms with E-state index in [-0.39, 0.29) is 25.0 Å². The number of nitrogens with zero attached hydrogens (tertiary/aromatic N) is 1. The van der Waals surface area contributed by atoms with Gasteiger partial charge in [0.25, 0.3) is 5.91 Å². The molecule has 34 heavy (non-hydrogen) atoms. The van der Waals surface area contributed by atoms with Crippen LogP contribution in [0.15, 0.2) is 83.3 Å². The van der Waals surface area contributed by atoms with Crippen LogP contribution in [-0.4, -0.2) is 43.0 Å². The Morgan fingerprint density at radius 3 is 2.21 bits per heavy atom. The molecular weight excluding hydrogens is 496 g/mol. The molecule has 0 heterocycles. The van der Waals surface area contributed by atoms with E-state index >= 15 is 0 Å². The number of hydrogen-bond donors (Lipinski definition) is 1. The molecule has 0 aliphatic carbocycles. The fourth-order valence-corrected chi connectivity index (χ4v) is 3.86. The van der Waals surface area contributed by atoms with Gasteiger partial charge in [0, 0.05) is 24.0 Å². The van der Waals surface area contributed by atoms with Crippen molar-refractivity contribution in [3.63, 3.8) is 0 Å². The highest BCUT2D eigenvalue weighted by Crippen LogP contribution is 2.26. The summed E-state index contributed by atoms with van der Waals surface area (Å²) >= 11 is 3.45. The molecule has 0 saturated carbocycles. The Hall–Kier alpha value is -3.32. The summed E-state index contributed by atoms with van der Waals surface area (Å²) in [7, 11) is 1.55. The number of amides is 2. The number of nitrogens with one attached hydrogen (secondary N) is 1. The number of carbonyl (C=O) groups excluding carboxylic acids is 2. The lowest BCUT2D eigenvalue weighted by Gasteiger charge is -2.31. The maximum atomic E-state index is 13.5. The molecule has 6 nitrogen and oxygen atoms in total. The normalized spacial score (nSPS) is 11.4. The smallest absolute Gasteiger partial charge is 0.261 e. The summed E-state index contributed by atoms with van der Waals surface area (Å²) in [6.07, 6.45) is 0.392. The van der Waals surface area contributed by atoms with E-state index in [4.69, 9.17) is 9.47 Å². The molecule has 3 aromatic rings. The number of para-hydroxylation sites is 2. The second-order valence-corrected chi connectivity index (χ2v) is 8.60. The van der Waals surface area contributed by atoms with Gasteiger partial charge in [-0.1, -0.05) is 70.5 Å². The summed E-state index contributed by atoms with van der Waals surface area (Å²) in [5, 5.41) is 2.89. The molecule has 0 radical (unpaired) electrons. The minimum atomic E-state index is -0.695. The number of methoxy groups -OCH3 is 1. The fourth-order valence-electron chi connectivity index (χ4n) is 3.59. The summed E-state index contributed by atoms with van der Waals surface area (Å²) in [6, 6.07) is 23.9. The molecule has 3 rings (SSSR count). The van der Waals surface area contributed by atoms with Crippen molar-refractivity contribution in [2.75, 3.05) is 20.3 Å². The molecule has 0 aliphatic rings. The quantitative estimate of drug-likeness (QED) is 0.397. The van der Waals surface area contributed by atoms with Gasteiger partial charge in [-0.15, -0.1) is 0 Å². The lowest BCUT2D eigenvalue weighted by Crippen LogP contribution is -2.51.